The molecule has 0 radical (unpaired) electrons. The minimum Gasteiger partial charge on any atom is -0.381 e. The average Bonchev–Trinajstić information content (AvgIpc) is 2.87. The Kier molecular flexibility index (Phi) is 4.33. The minimum absolute atomic E-state index is 0.753. The number of ether oxygens (including phenoxy) is 1. The van der Waals surface area contributed by atoms with E-state index in [2.05, 4.69) is 41.2 Å². The molecule has 108 valence electrons. The van der Waals surface area contributed by atoms with Crippen molar-refractivity contribution in [1.29, 1.82) is 0 Å². The number of rotatable bonds is 5. The third-order valence-electron chi connectivity index (χ3n) is 4.10. The van der Waals surface area contributed by atoms with Gasteiger partial charge >= 0.3 is 0 Å². The Morgan fingerprint density at radius 3 is 2.90 bits per heavy atom. The van der Waals surface area contributed by atoms with E-state index in [0.29, 0.717) is 0 Å². The first kappa shape index (κ1) is 13.6. The molecule has 20 heavy (non-hydrogen) atoms. The van der Waals surface area contributed by atoms with Gasteiger partial charge in [0.15, 0.2) is 0 Å². The first-order valence-corrected chi connectivity index (χ1v) is 7.61. The topological polar surface area (TPSA) is 39.1 Å². The van der Waals surface area contributed by atoms with Gasteiger partial charge in [0.25, 0.3) is 0 Å². The van der Waals surface area contributed by atoms with Crippen molar-refractivity contribution in [3.8, 4) is 0 Å². The zero-order valence-electron chi connectivity index (χ0n) is 12.1. The van der Waals surface area contributed by atoms with Crippen LogP contribution in [0.2, 0.25) is 0 Å². The third kappa shape index (κ3) is 2.86. The zero-order valence-corrected chi connectivity index (χ0v) is 12.1. The van der Waals surface area contributed by atoms with E-state index in [9.17, 15) is 0 Å². The van der Waals surface area contributed by atoms with Gasteiger partial charge in [-0.2, -0.15) is 5.10 Å². The molecule has 2 aromatic rings. The molecular formula is C16H23N3O. The molecular weight excluding hydrogens is 250 g/mol. The van der Waals surface area contributed by atoms with Crippen LogP contribution < -0.4 is 5.32 Å². The third-order valence-corrected chi connectivity index (χ3v) is 4.10. The van der Waals surface area contributed by atoms with Crippen molar-refractivity contribution in [2.24, 2.45) is 5.92 Å². The van der Waals surface area contributed by atoms with Gasteiger partial charge in [-0.15, -0.1) is 0 Å². The van der Waals surface area contributed by atoms with Crippen molar-refractivity contribution in [2.45, 2.75) is 32.9 Å². The summed E-state index contributed by atoms with van der Waals surface area (Å²) in [5.74, 6) is 0.753. The van der Waals surface area contributed by atoms with E-state index < -0.39 is 0 Å². The van der Waals surface area contributed by atoms with Crippen LogP contribution in [-0.2, 0) is 17.8 Å². The second-order valence-electron chi connectivity index (χ2n) is 5.47. The van der Waals surface area contributed by atoms with E-state index in [1.54, 1.807) is 0 Å². The predicted octanol–water partition coefficient (Wildman–Crippen LogP) is 2.57. The van der Waals surface area contributed by atoms with Gasteiger partial charge in [0.2, 0.25) is 0 Å². The van der Waals surface area contributed by atoms with Gasteiger partial charge in [0, 0.05) is 31.7 Å². The highest BCUT2D eigenvalue weighted by molar-refractivity contribution is 5.81. The van der Waals surface area contributed by atoms with Gasteiger partial charge in [-0.3, -0.25) is 4.68 Å². The van der Waals surface area contributed by atoms with Crippen LogP contribution in [0.5, 0.6) is 0 Å². The molecule has 1 aliphatic heterocycles. The van der Waals surface area contributed by atoms with Crippen LogP contribution in [0.15, 0.2) is 24.3 Å². The van der Waals surface area contributed by atoms with Crippen LogP contribution in [0.3, 0.4) is 0 Å². The summed E-state index contributed by atoms with van der Waals surface area (Å²) in [7, 11) is 0. The fourth-order valence-corrected chi connectivity index (χ4v) is 2.91. The average molecular weight is 273 g/mol. The van der Waals surface area contributed by atoms with Crippen molar-refractivity contribution >= 4 is 10.9 Å². The molecule has 0 aliphatic carbocycles. The predicted molar refractivity (Wildman–Crippen MR) is 80.7 cm³/mol. The summed E-state index contributed by atoms with van der Waals surface area (Å²) in [4.78, 5) is 0. The number of nitrogens with zero attached hydrogens (tertiary/aromatic N) is 2. The highest BCUT2D eigenvalue weighted by Gasteiger charge is 2.14. The van der Waals surface area contributed by atoms with Crippen LogP contribution in [0.25, 0.3) is 10.9 Å². The quantitative estimate of drug-likeness (QED) is 0.910. The van der Waals surface area contributed by atoms with Crippen molar-refractivity contribution in [3.63, 3.8) is 0 Å². The summed E-state index contributed by atoms with van der Waals surface area (Å²) in [6.07, 6.45) is 2.36. The lowest BCUT2D eigenvalue weighted by Crippen LogP contribution is -2.27. The van der Waals surface area contributed by atoms with Gasteiger partial charge in [-0.25, -0.2) is 0 Å². The van der Waals surface area contributed by atoms with Crippen molar-refractivity contribution in [1.82, 2.24) is 15.1 Å². The molecule has 0 unspecified atom stereocenters. The molecule has 2 heterocycles. The molecule has 0 spiro atoms. The number of para-hydroxylation sites is 1. The van der Waals surface area contributed by atoms with Gasteiger partial charge in [-0.1, -0.05) is 18.2 Å². The Bertz CT molecular complexity index is 558. The normalized spacial score (nSPS) is 16.9. The van der Waals surface area contributed by atoms with Gasteiger partial charge in [-0.05, 0) is 38.3 Å². The Hall–Kier alpha value is -1.39. The molecule has 4 nitrogen and oxygen atoms in total. The number of aryl methyl sites for hydroxylation is 1. The first-order chi connectivity index (χ1) is 9.88. The molecule has 1 N–H and O–H groups in total. The standard InChI is InChI=1S/C16H23N3O/c1-2-19-16-6-4-3-5-14(16)15(18-19)12-17-11-13-7-9-20-10-8-13/h3-6,13,17H,2,7-12H2,1H3. The van der Waals surface area contributed by atoms with E-state index in [1.807, 2.05) is 0 Å². The SMILES string of the molecule is CCn1nc(CNCC2CCOCC2)c2ccccc21. The summed E-state index contributed by atoms with van der Waals surface area (Å²) in [5, 5.41) is 9.56. The maximum atomic E-state index is 5.40. The summed E-state index contributed by atoms with van der Waals surface area (Å²) < 4.78 is 7.48. The Morgan fingerprint density at radius 2 is 2.10 bits per heavy atom. The second-order valence-corrected chi connectivity index (χ2v) is 5.47. The summed E-state index contributed by atoms with van der Waals surface area (Å²) in [6, 6.07) is 8.48. The molecule has 0 amide bonds. The van der Waals surface area contributed by atoms with E-state index in [-0.39, 0.29) is 0 Å². The van der Waals surface area contributed by atoms with Crippen molar-refractivity contribution in [3.05, 3.63) is 30.0 Å². The van der Waals surface area contributed by atoms with Gasteiger partial charge in [0.05, 0.1) is 11.2 Å². The molecule has 1 aromatic heterocycles. The Morgan fingerprint density at radius 1 is 1.30 bits per heavy atom. The molecule has 0 atom stereocenters. The van der Waals surface area contributed by atoms with E-state index in [4.69, 9.17) is 9.84 Å². The molecule has 4 heteroatoms. The van der Waals surface area contributed by atoms with E-state index >= 15 is 0 Å². The molecule has 0 bridgehead atoms. The number of fused-ring (bicyclic) bond motifs is 1. The largest absolute Gasteiger partial charge is 0.381 e. The maximum absolute atomic E-state index is 5.40. The van der Waals surface area contributed by atoms with Gasteiger partial charge < -0.3 is 10.1 Å². The van der Waals surface area contributed by atoms with Crippen molar-refractivity contribution in [2.75, 3.05) is 19.8 Å². The number of aromatic nitrogens is 2. The molecule has 0 saturated carbocycles. The smallest absolute Gasteiger partial charge is 0.0841 e. The molecule has 1 aliphatic rings. The lowest BCUT2D eigenvalue weighted by atomic mass is 10.0. The number of hydrogen-bond acceptors (Lipinski definition) is 3. The lowest BCUT2D eigenvalue weighted by molar-refractivity contribution is 0.0662. The lowest BCUT2D eigenvalue weighted by Gasteiger charge is -2.22. The van der Waals surface area contributed by atoms with Crippen LogP contribution >= 0.6 is 0 Å². The highest BCUT2D eigenvalue weighted by atomic mass is 16.5. The second kappa shape index (κ2) is 6.37. The van der Waals surface area contributed by atoms with Gasteiger partial charge in [0.1, 0.15) is 0 Å². The molecule has 3 rings (SSSR count). The van der Waals surface area contributed by atoms with Crippen LogP contribution in [0.1, 0.15) is 25.5 Å². The summed E-state index contributed by atoms with van der Waals surface area (Å²) >= 11 is 0. The van der Waals surface area contributed by atoms with Crippen LogP contribution in [0, 0.1) is 5.92 Å². The monoisotopic (exact) mass is 273 g/mol. The van der Waals surface area contributed by atoms with E-state index in [1.165, 1.54) is 23.7 Å². The highest BCUT2D eigenvalue weighted by Crippen LogP contribution is 2.19. The maximum Gasteiger partial charge on any atom is 0.0841 e. The number of hydrogen-bond donors (Lipinski definition) is 1. The Balaban J connectivity index is 1.65. The molecule has 1 fully saturated rings. The minimum atomic E-state index is 0.753. The summed E-state index contributed by atoms with van der Waals surface area (Å²) in [6.45, 7) is 6.81. The first-order valence-electron chi connectivity index (χ1n) is 7.61. The van der Waals surface area contributed by atoms with Crippen LogP contribution in [0.4, 0.5) is 0 Å². The van der Waals surface area contributed by atoms with Crippen molar-refractivity contribution < 1.29 is 4.74 Å². The summed E-state index contributed by atoms with van der Waals surface area (Å²) in [5.41, 5.74) is 2.40. The Labute approximate surface area is 120 Å². The zero-order chi connectivity index (χ0) is 13.8. The molecule has 1 saturated heterocycles. The number of nitrogens with one attached hydrogen (secondary N) is 1. The van der Waals surface area contributed by atoms with E-state index in [0.717, 1.165) is 44.5 Å². The fraction of sp³-hybridized carbons (Fsp3) is 0.562. The number of benzene rings is 1. The molecule has 1 aromatic carbocycles. The van der Waals surface area contributed by atoms with Crippen LogP contribution in [-0.4, -0.2) is 29.5 Å². The fourth-order valence-electron chi connectivity index (χ4n) is 2.91.